The van der Waals surface area contributed by atoms with Gasteiger partial charge in [-0.3, -0.25) is 11.1 Å². The summed E-state index contributed by atoms with van der Waals surface area (Å²) in [5.74, 6) is 0.638. The minimum Gasteiger partial charge on any atom is -0.542 e. The van der Waals surface area contributed by atoms with Crippen LogP contribution in [-0.2, 0) is 84.6 Å². The van der Waals surface area contributed by atoms with Gasteiger partial charge in [-0.1, -0.05) is 86.5 Å². The number of carbonyl (C=O) groups excluding carboxylic acids is 6. The molecule has 0 spiro atoms. The predicted molar refractivity (Wildman–Crippen MR) is 225 cm³/mol. The number of Topliss-reactive ketones (excluding diaryl/α,β-unsaturated/α-hetero) is 2. The van der Waals surface area contributed by atoms with Crippen LogP contribution in [0.4, 0.5) is 9.59 Å². The summed E-state index contributed by atoms with van der Waals surface area (Å²) >= 11 is 0. The molecule has 0 aliphatic carbocycles. The van der Waals surface area contributed by atoms with E-state index in [-0.39, 0.29) is 113 Å². The average Bonchev–Trinajstić information content (AvgIpc) is 3.11. The molecule has 5 unspecified atom stereocenters. The molecule has 326 valence electrons. The van der Waals surface area contributed by atoms with Gasteiger partial charge in [-0.05, 0) is 79.1 Å². The van der Waals surface area contributed by atoms with Crippen molar-refractivity contribution in [2.75, 3.05) is 0 Å². The molecule has 2 radical (unpaired) electrons. The van der Waals surface area contributed by atoms with E-state index in [2.05, 4.69) is 54.3 Å². The fraction of sp³-hybridized carbons (Fsp3) is 0.814. The van der Waals surface area contributed by atoms with Crippen LogP contribution in [0.25, 0.3) is 0 Å². The Morgan fingerprint density at radius 3 is 1.25 bits per heavy atom. The summed E-state index contributed by atoms with van der Waals surface area (Å²) in [6, 6.07) is 0.118. The molecule has 0 aliphatic heterocycles. The molecule has 0 aromatic rings. The number of nitrogens with one attached hydrogen (secondary N) is 5. The van der Waals surface area contributed by atoms with Gasteiger partial charge in [0.05, 0.1) is 6.04 Å². The molecule has 0 rings (SSSR count). The first-order valence-corrected chi connectivity index (χ1v) is 21.0. The first kappa shape index (κ1) is 67.0. The second kappa shape index (κ2) is 50.4. The summed E-state index contributed by atoms with van der Waals surface area (Å²) in [7, 11) is 0. The molecule has 0 saturated carbocycles. The maximum atomic E-state index is 11.9. The molecule has 0 bridgehead atoms. The van der Waals surface area contributed by atoms with Crippen LogP contribution in [0.1, 0.15) is 191 Å². The van der Waals surface area contributed by atoms with Crippen LogP contribution in [0.3, 0.4) is 0 Å². The average molecular weight is 944 g/mol. The first-order chi connectivity index (χ1) is 25.7. The maximum absolute atomic E-state index is 11.9. The molecule has 0 aliphatic rings. The summed E-state index contributed by atoms with van der Waals surface area (Å²) in [5, 5.41) is 14.2. The van der Waals surface area contributed by atoms with E-state index in [0.717, 1.165) is 96.3 Å². The summed E-state index contributed by atoms with van der Waals surface area (Å²) in [6.07, 6.45) is 20.1. The standard InChI is InChI=1S/C18H34N3O3.C14H27N2O2.C8H15O.C3H7.2Y/c1-5-10-14(3)20-18(24)21-15(4)11-8-7-9-12-17(23)16(6-2)19-13-22;1-4-9-12(2)15-14(18)16-13(3)10-7-5-6-8-11-17;1-4-7(5-2)8(9)6-3;1-3-2;;/h14-16H,5-12H2,1-4H3,(H,19,22)(H2,20,21,24);12-13H,4-10H2,1-3H3,(H2,15,16,18);7H,3-6H2,1-2H3;1,3H2,2H3;;/q4*-1;;. The van der Waals surface area contributed by atoms with Crippen molar-refractivity contribution in [3.63, 3.8) is 0 Å². The number of amides is 5. The van der Waals surface area contributed by atoms with Crippen molar-refractivity contribution < 1.29 is 94.2 Å². The molecule has 5 atom stereocenters. The zero-order chi connectivity index (χ0) is 42.2. The normalized spacial score (nSPS) is 12.5. The zero-order valence-electron chi connectivity index (χ0n) is 37.4. The Morgan fingerprint density at radius 2 is 0.946 bits per heavy atom. The Labute approximate surface area is 395 Å². The molecule has 0 aromatic heterocycles. The van der Waals surface area contributed by atoms with Gasteiger partial charge < -0.3 is 54.8 Å². The van der Waals surface area contributed by atoms with E-state index in [0.29, 0.717) is 31.5 Å². The van der Waals surface area contributed by atoms with Crippen molar-refractivity contribution in [2.45, 2.75) is 221 Å². The quantitative estimate of drug-likeness (QED) is 0.0299. The summed E-state index contributed by atoms with van der Waals surface area (Å²) in [5.41, 5.74) is 0. The van der Waals surface area contributed by atoms with E-state index in [9.17, 15) is 28.8 Å². The monoisotopic (exact) mass is 943 g/mol. The third kappa shape index (κ3) is 47.6. The third-order valence-corrected chi connectivity index (χ3v) is 8.65. The Hall–Kier alpha value is -0.772. The molecule has 0 heterocycles. The molecule has 0 aromatic carbocycles. The molecular weight excluding hydrogens is 860 g/mol. The van der Waals surface area contributed by atoms with Crippen LogP contribution in [0, 0.1) is 19.8 Å². The number of rotatable bonds is 28. The predicted octanol–water partition coefficient (Wildman–Crippen LogP) is 9.18. The van der Waals surface area contributed by atoms with Gasteiger partial charge in [-0.15, -0.1) is 6.42 Å². The maximum Gasteiger partial charge on any atom is 0.315 e. The largest absolute Gasteiger partial charge is 0.542 e. The molecule has 0 saturated heterocycles. The van der Waals surface area contributed by atoms with Crippen molar-refractivity contribution in [1.29, 1.82) is 0 Å². The van der Waals surface area contributed by atoms with Crippen LogP contribution < -0.4 is 26.6 Å². The number of unbranched alkanes of at least 4 members (excludes halogenated alkanes) is 5. The van der Waals surface area contributed by atoms with Gasteiger partial charge in [0.15, 0.2) is 5.78 Å². The SMILES string of the molecule is CCCC(C)NC(=O)NC(C)CCCCCC(=O)C(CC)N[C-]=O.CCCC(C)NC(=O)NC(C)CCCCC[C-]=O.[CH2-]CC.[CH2-]CC(=O)C(CC)CC.[Y].[Y]. The molecular formula is C43H83N5O6Y2-4. The van der Waals surface area contributed by atoms with Crippen molar-refractivity contribution in [3.05, 3.63) is 13.8 Å². The number of carbonyl (C=O) groups is 4. The van der Waals surface area contributed by atoms with Gasteiger partial charge in [0.2, 0.25) is 0 Å². The minimum atomic E-state index is -0.406. The topological polar surface area (TPSA) is 163 Å². The van der Waals surface area contributed by atoms with Crippen molar-refractivity contribution in [2.24, 2.45) is 5.92 Å². The summed E-state index contributed by atoms with van der Waals surface area (Å²) < 4.78 is 0. The van der Waals surface area contributed by atoms with Gasteiger partial charge in [0.25, 0.3) is 0 Å². The van der Waals surface area contributed by atoms with Crippen LogP contribution in [-0.4, -0.2) is 66.5 Å². The molecule has 13 heteroatoms. The van der Waals surface area contributed by atoms with Gasteiger partial charge in [0.1, 0.15) is 5.78 Å². The number of ketones is 2. The Kier molecular flexibility index (Phi) is 60.3. The second-order valence-corrected chi connectivity index (χ2v) is 14.2. The van der Waals surface area contributed by atoms with E-state index >= 15 is 0 Å². The molecule has 0 fully saturated rings. The zero-order valence-corrected chi connectivity index (χ0v) is 43.1. The second-order valence-electron chi connectivity index (χ2n) is 14.2. The van der Waals surface area contributed by atoms with Gasteiger partial charge in [-0.25, -0.2) is 9.59 Å². The van der Waals surface area contributed by atoms with Gasteiger partial charge >= 0.3 is 12.1 Å². The molecule has 5 amide bonds. The summed E-state index contributed by atoms with van der Waals surface area (Å²) in [6.45, 7) is 27.2. The Morgan fingerprint density at radius 1 is 0.554 bits per heavy atom. The van der Waals surface area contributed by atoms with E-state index in [1.165, 1.54) is 0 Å². The van der Waals surface area contributed by atoms with Crippen molar-refractivity contribution in [3.8, 4) is 0 Å². The van der Waals surface area contributed by atoms with E-state index < -0.39 is 6.04 Å². The Bertz CT molecular complexity index is 927. The van der Waals surface area contributed by atoms with E-state index in [4.69, 9.17) is 0 Å². The third-order valence-electron chi connectivity index (χ3n) is 8.65. The number of hydrogen-bond donors (Lipinski definition) is 5. The Balaban J connectivity index is -0.000000172. The van der Waals surface area contributed by atoms with Crippen LogP contribution in [0.5, 0.6) is 0 Å². The van der Waals surface area contributed by atoms with Crippen LogP contribution >= 0.6 is 0 Å². The minimum absolute atomic E-state index is 0. The fourth-order valence-corrected chi connectivity index (χ4v) is 5.49. The van der Waals surface area contributed by atoms with Crippen LogP contribution in [0.15, 0.2) is 0 Å². The summed E-state index contributed by atoms with van der Waals surface area (Å²) in [4.78, 5) is 66.5. The molecule has 5 N–H and O–H groups in total. The van der Waals surface area contributed by atoms with Gasteiger partial charge in [-0.2, -0.15) is 19.3 Å². The van der Waals surface area contributed by atoms with E-state index in [1.54, 1.807) is 6.41 Å². The van der Waals surface area contributed by atoms with Crippen LogP contribution in [0.2, 0.25) is 0 Å². The van der Waals surface area contributed by atoms with Crippen molar-refractivity contribution in [1.82, 2.24) is 26.6 Å². The first-order valence-electron chi connectivity index (χ1n) is 21.0. The fourth-order valence-electron chi connectivity index (χ4n) is 5.49. The number of hydrogen-bond acceptors (Lipinski definition) is 6. The molecule has 11 nitrogen and oxygen atoms in total. The van der Waals surface area contributed by atoms with Crippen molar-refractivity contribution >= 4 is 36.3 Å². The molecule has 56 heavy (non-hydrogen) atoms. The number of urea groups is 2. The van der Waals surface area contributed by atoms with E-state index in [1.807, 2.05) is 61.7 Å². The van der Waals surface area contributed by atoms with Gasteiger partial charge in [0, 0.05) is 102 Å². The smallest absolute Gasteiger partial charge is 0.315 e.